The number of hydrogen-bond donors (Lipinski definition) is 0. The quantitative estimate of drug-likeness (QED) is 0.204. The minimum atomic E-state index is -0.0605. The first-order valence-electron chi connectivity index (χ1n) is 16.0. The Balaban J connectivity index is 1.37. The van der Waals surface area contributed by atoms with E-state index in [9.17, 15) is 0 Å². The van der Waals surface area contributed by atoms with Crippen LogP contribution in [-0.2, 0) is 10.8 Å². The van der Waals surface area contributed by atoms with E-state index in [1.54, 1.807) is 0 Å². The first-order chi connectivity index (χ1) is 22.3. The van der Waals surface area contributed by atoms with Gasteiger partial charge in [-0.2, -0.15) is 0 Å². The van der Waals surface area contributed by atoms with Crippen LogP contribution in [-0.4, -0.2) is 15.0 Å². The number of nitrogens with zero attached hydrogens (tertiary/aromatic N) is 3. The van der Waals surface area contributed by atoms with Gasteiger partial charge >= 0.3 is 0 Å². The van der Waals surface area contributed by atoms with Crippen LogP contribution >= 0.6 is 0 Å². The summed E-state index contributed by atoms with van der Waals surface area (Å²) in [5.41, 5.74) is 10.7. The van der Waals surface area contributed by atoms with Gasteiger partial charge in [0.1, 0.15) is 0 Å². The summed E-state index contributed by atoms with van der Waals surface area (Å²) in [5, 5.41) is 2.29. The van der Waals surface area contributed by atoms with Crippen molar-refractivity contribution in [1.29, 1.82) is 0 Å². The molecule has 1 aliphatic rings. The lowest BCUT2D eigenvalue weighted by Crippen LogP contribution is -2.43. The monoisotopic (exact) mass is 593 g/mol. The van der Waals surface area contributed by atoms with E-state index in [4.69, 9.17) is 15.0 Å². The largest absolute Gasteiger partial charge is 0.208 e. The molecule has 0 unspecified atom stereocenters. The van der Waals surface area contributed by atoms with E-state index in [1.165, 1.54) is 38.8 Å². The van der Waals surface area contributed by atoms with Crippen LogP contribution in [0.5, 0.6) is 0 Å². The lowest BCUT2D eigenvalue weighted by molar-refractivity contribution is 0.299. The zero-order valence-corrected chi connectivity index (χ0v) is 26.6. The first-order valence-corrected chi connectivity index (χ1v) is 16.0. The van der Waals surface area contributed by atoms with Gasteiger partial charge in [-0.1, -0.05) is 161 Å². The Morgan fingerprint density at radius 3 is 1.46 bits per heavy atom. The third-order valence-corrected chi connectivity index (χ3v) is 10.3. The van der Waals surface area contributed by atoms with Crippen molar-refractivity contribution >= 4 is 10.8 Å². The molecule has 0 saturated heterocycles. The molecule has 0 bridgehead atoms. The minimum Gasteiger partial charge on any atom is -0.208 e. The average Bonchev–Trinajstić information content (AvgIpc) is 3.11. The molecule has 0 spiro atoms. The van der Waals surface area contributed by atoms with Gasteiger partial charge in [-0.25, -0.2) is 15.0 Å². The van der Waals surface area contributed by atoms with E-state index in [1.807, 2.05) is 60.7 Å². The van der Waals surface area contributed by atoms with Crippen LogP contribution in [0.3, 0.4) is 0 Å². The molecule has 1 heterocycles. The Hall–Kier alpha value is -5.41. The summed E-state index contributed by atoms with van der Waals surface area (Å²) < 4.78 is 0. The summed E-state index contributed by atoms with van der Waals surface area (Å²) in [6, 6.07) is 49.2. The molecule has 0 radical (unpaired) electrons. The van der Waals surface area contributed by atoms with Gasteiger partial charge in [0, 0.05) is 16.7 Å². The van der Waals surface area contributed by atoms with Gasteiger partial charge in [-0.3, -0.25) is 0 Å². The molecule has 222 valence electrons. The molecular formula is C43H35N3. The second kappa shape index (κ2) is 10.6. The number of benzene rings is 6. The van der Waals surface area contributed by atoms with Gasteiger partial charge in [-0.05, 0) is 61.0 Å². The lowest BCUT2D eigenvalue weighted by Gasteiger charge is -2.48. The van der Waals surface area contributed by atoms with Crippen LogP contribution in [0.1, 0.15) is 38.8 Å². The summed E-state index contributed by atoms with van der Waals surface area (Å²) in [6.45, 7) is 9.55. The summed E-state index contributed by atoms with van der Waals surface area (Å²) in [4.78, 5) is 15.0. The second-order valence-corrected chi connectivity index (χ2v) is 13.3. The van der Waals surface area contributed by atoms with Crippen molar-refractivity contribution in [1.82, 2.24) is 15.0 Å². The highest BCUT2D eigenvalue weighted by Gasteiger charge is 2.46. The van der Waals surface area contributed by atoms with Crippen molar-refractivity contribution < 1.29 is 0 Å². The summed E-state index contributed by atoms with van der Waals surface area (Å²) in [6.07, 6.45) is 0. The molecular weight excluding hydrogens is 558 g/mol. The third-order valence-electron chi connectivity index (χ3n) is 10.3. The number of hydrogen-bond acceptors (Lipinski definition) is 3. The molecule has 1 aliphatic carbocycles. The molecule has 7 aromatic rings. The van der Waals surface area contributed by atoms with Crippen molar-refractivity contribution in [3.8, 4) is 56.4 Å². The fourth-order valence-electron chi connectivity index (χ4n) is 7.17. The molecule has 0 fully saturated rings. The second-order valence-electron chi connectivity index (χ2n) is 13.3. The van der Waals surface area contributed by atoms with Crippen LogP contribution in [0.2, 0.25) is 0 Å². The zero-order valence-electron chi connectivity index (χ0n) is 26.6. The first kappa shape index (κ1) is 28.1. The van der Waals surface area contributed by atoms with Crippen molar-refractivity contribution in [2.24, 2.45) is 0 Å². The molecule has 1 aromatic heterocycles. The van der Waals surface area contributed by atoms with Gasteiger partial charge in [0.25, 0.3) is 0 Å². The summed E-state index contributed by atoms with van der Waals surface area (Å²) in [5.74, 6) is 1.99. The topological polar surface area (TPSA) is 38.7 Å². The van der Waals surface area contributed by atoms with Gasteiger partial charge < -0.3 is 0 Å². The van der Waals surface area contributed by atoms with Gasteiger partial charge in [0.2, 0.25) is 0 Å². The predicted octanol–water partition coefficient (Wildman–Crippen LogP) is 10.9. The molecule has 3 heteroatoms. The molecule has 0 amide bonds. The maximum absolute atomic E-state index is 5.06. The molecule has 0 aliphatic heterocycles. The SMILES string of the molecule is CC1(C)c2ccccc2-c2c(-c3ccc(-c4nc(-c5ccccc5)nc(-c5ccccc5)n4)c4ccccc34)cccc2C1(C)C. The van der Waals surface area contributed by atoms with Crippen LogP contribution in [0.25, 0.3) is 67.2 Å². The van der Waals surface area contributed by atoms with Crippen LogP contribution < -0.4 is 0 Å². The molecule has 8 rings (SSSR count). The van der Waals surface area contributed by atoms with E-state index < -0.39 is 0 Å². The van der Waals surface area contributed by atoms with E-state index in [2.05, 4.69) is 107 Å². The number of aromatic nitrogens is 3. The highest BCUT2D eigenvalue weighted by molar-refractivity contribution is 6.07. The molecule has 46 heavy (non-hydrogen) atoms. The highest BCUT2D eigenvalue weighted by Crippen LogP contribution is 2.56. The van der Waals surface area contributed by atoms with Crippen LogP contribution in [0, 0.1) is 0 Å². The molecule has 0 saturated carbocycles. The van der Waals surface area contributed by atoms with Crippen molar-refractivity contribution in [2.45, 2.75) is 38.5 Å². The zero-order chi connectivity index (χ0) is 31.5. The standard InChI is InChI=1S/C43H35N3/c1-42(2)36-24-14-13-22-35(36)38-33(23-15-25-37(38)43(42,3)4)32-26-27-34(31-21-12-11-20-30(31)32)41-45-39(28-16-7-5-8-17-28)44-40(46-41)29-18-9-6-10-19-29/h5-27H,1-4H3. The summed E-state index contributed by atoms with van der Waals surface area (Å²) in [7, 11) is 0. The van der Waals surface area contributed by atoms with Gasteiger partial charge in [0.15, 0.2) is 17.5 Å². The Morgan fingerprint density at radius 2 is 0.804 bits per heavy atom. The number of fused-ring (bicyclic) bond motifs is 4. The van der Waals surface area contributed by atoms with E-state index in [-0.39, 0.29) is 10.8 Å². The minimum absolute atomic E-state index is 0.0211. The molecule has 0 N–H and O–H groups in total. The molecule has 0 atom stereocenters. The Kier molecular flexibility index (Phi) is 6.47. The fourth-order valence-corrected chi connectivity index (χ4v) is 7.17. The van der Waals surface area contributed by atoms with Crippen molar-refractivity contribution in [3.63, 3.8) is 0 Å². The third kappa shape index (κ3) is 4.30. The van der Waals surface area contributed by atoms with Crippen molar-refractivity contribution in [3.05, 3.63) is 151 Å². The normalized spacial score (nSPS) is 14.4. The maximum Gasteiger partial charge on any atom is 0.164 e. The summed E-state index contributed by atoms with van der Waals surface area (Å²) >= 11 is 0. The molecule has 3 nitrogen and oxygen atoms in total. The lowest BCUT2D eigenvalue weighted by atomic mass is 9.55. The Labute approximate surface area is 270 Å². The highest BCUT2D eigenvalue weighted by atomic mass is 15.0. The Morgan fingerprint density at radius 1 is 0.348 bits per heavy atom. The smallest absolute Gasteiger partial charge is 0.164 e. The van der Waals surface area contributed by atoms with Gasteiger partial charge in [0.05, 0.1) is 0 Å². The van der Waals surface area contributed by atoms with E-state index >= 15 is 0 Å². The molecule has 6 aromatic carbocycles. The van der Waals surface area contributed by atoms with Crippen molar-refractivity contribution in [2.75, 3.05) is 0 Å². The van der Waals surface area contributed by atoms with Crippen LogP contribution in [0.4, 0.5) is 0 Å². The van der Waals surface area contributed by atoms with Gasteiger partial charge in [-0.15, -0.1) is 0 Å². The fraction of sp³-hybridized carbons (Fsp3) is 0.140. The van der Waals surface area contributed by atoms with E-state index in [0.717, 1.165) is 22.1 Å². The predicted molar refractivity (Wildman–Crippen MR) is 191 cm³/mol. The number of rotatable bonds is 4. The van der Waals surface area contributed by atoms with E-state index in [0.29, 0.717) is 17.5 Å². The Bertz CT molecular complexity index is 2190. The maximum atomic E-state index is 5.06. The van der Waals surface area contributed by atoms with Crippen LogP contribution in [0.15, 0.2) is 140 Å². The average molecular weight is 594 g/mol.